The molecule has 0 heterocycles. The highest BCUT2D eigenvalue weighted by Crippen LogP contribution is 2.31. The van der Waals surface area contributed by atoms with Gasteiger partial charge in [0.25, 0.3) is 0 Å². The van der Waals surface area contributed by atoms with Crippen molar-refractivity contribution in [1.82, 2.24) is 5.32 Å². The molecule has 1 aliphatic rings. The van der Waals surface area contributed by atoms with Gasteiger partial charge < -0.3 is 20.0 Å². The third-order valence-corrected chi connectivity index (χ3v) is 4.82. The molecule has 2 aromatic carbocycles. The van der Waals surface area contributed by atoms with Gasteiger partial charge in [-0.25, -0.2) is 4.57 Å². The third-order valence-electron chi connectivity index (χ3n) is 4.82. The molecule has 144 valence electrons. The predicted octanol–water partition coefficient (Wildman–Crippen LogP) is 2.38. The normalized spacial score (nSPS) is 15.2. The maximum Gasteiger partial charge on any atom is 0.466 e. The zero-order valence-corrected chi connectivity index (χ0v) is 16.2. The van der Waals surface area contributed by atoms with Gasteiger partial charge in [-0.15, -0.1) is 0 Å². The molecule has 0 saturated heterocycles. The van der Waals surface area contributed by atoms with Crippen LogP contribution in [-0.2, 0) is 10.1 Å². The smallest absolute Gasteiger partial charge is 0.311 e. The molecule has 0 radical (unpaired) electrons. The van der Waals surface area contributed by atoms with Crippen LogP contribution in [0.5, 0.6) is 0 Å². The number of rotatable bonds is 3. The minimum absolute atomic E-state index is 0.0680. The Hall–Kier alpha value is -2.15. The summed E-state index contributed by atoms with van der Waals surface area (Å²) in [7, 11) is -2.73. The highest BCUT2D eigenvalue weighted by molar-refractivity contribution is 7.45. The molecule has 0 saturated carbocycles. The van der Waals surface area contributed by atoms with Gasteiger partial charge in [-0.3, -0.25) is 9.59 Å². The summed E-state index contributed by atoms with van der Waals surface area (Å²) in [5.41, 5.74) is 2.82. The van der Waals surface area contributed by atoms with Crippen molar-refractivity contribution < 1.29 is 28.8 Å². The minimum atomic E-state index is -4.64. The van der Waals surface area contributed by atoms with E-state index >= 15 is 0 Å². The standard InChI is InChI=1S/C19H19NO2.H3O4P/c1-4-19(2,20-3)12-9-10-15-16(11-12)18(22)14-8-6-5-7-13(14)17(15)21;1-5(2,3)4/h5-11,20H,4H2,1-3H3;(H3,1,2,3,4). The molecule has 8 heteroatoms. The number of carbonyl (C=O) groups excluding carboxylic acids is 2. The molecule has 7 nitrogen and oxygen atoms in total. The van der Waals surface area contributed by atoms with Gasteiger partial charge in [0, 0.05) is 27.8 Å². The van der Waals surface area contributed by atoms with Gasteiger partial charge in [-0.05, 0) is 38.1 Å². The lowest BCUT2D eigenvalue weighted by Gasteiger charge is -2.30. The monoisotopic (exact) mass is 391 g/mol. The zero-order chi connectivity index (χ0) is 20.4. The first-order valence-electron chi connectivity index (χ1n) is 8.32. The highest BCUT2D eigenvalue weighted by Gasteiger charge is 2.31. The van der Waals surface area contributed by atoms with Crippen molar-refractivity contribution in [2.24, 2.45) is 0 Å². The number of carbonyl (C=O) groups is 2. The molecule has 1 atom stereocenters. The van der Waals surface area contributed by atoms with Gasteiger partial charge in [0.2, 0.25) is 0 Å². The van der Waals surface area contributed by atoms with Gasteiger partial charge >= 0.3 is 7.82 Å². The number of hydrogen-bond acceptors (Lipinski definition) is 4. The van der Waals surface area contributed by atoms with Gasteiger partial charge in [0.15, 0.2) is 11.6 Å². The molecule has 3 rings (SSSR count). The molecule has 0 bridgehead atoms. The number of nitrogens with one attached hydrogen (secondary N) is 1. The first kappa shape index (κ1) is 21.2. The van der Waals surface area contributed by atoms with E-state index in [0.29, 0.717) is 22.3 Å². The fourth-order valence-electron chi connectivity index (χ4n) is 2.97. The molecule has 0 fully saturated rings. The Morgan fingerprint density at radius 3 is 1.81 bits per heavy atom. The summed E-state index contributed by atoms with van der Waals surface area (Å²) in [6, 6.07) is 12.6. The van der Waals surface area contributed by atoms with Crippen molar-refractivity contribution in [2.75, 3.05) is 7.05 Å². The van der Waals surface area contributed by atoms with Crippen LogP contribution in [0, 0.1) is 0 Å². The molecule has 0 aliphatic heterocycles. The van der Waals surface area contributed by atoms with E-state index in [-0.39, 0.29) is 17.1 Å². The van der Waals surface area contributed by atoms with Crippen LogP contribution < -0.4 is 5.32 Å². The largest absolute Gasteiger partial charge is 0.466 e. The second kappa shape index (κ2) is 7.84. The summed E-state index contributed by atoms with van der Waals surface area (Å²) in [5.74, 6) is -0.138. The molecular weight excluding hydrogens is 369 g/mol. The fourth-order valence-corrected chi connectivity index (χ4v) is 2.97. The van der Waals surface area contributed by atoms with E-state index in [0.717, 1.165) is 12.0 Å². The lowest BCUT2D eigenvalue weighted by atomic mass is 9.80. The van der Waals surface area contributed by atoms with E-state index < -0.39 is 7.82 Å². The molecule has 27 heavy (non-hydrogen) atoms. The second-order valence-corrected chi connectivity index (χ2v) is 7.44. The van der Waals surface area contributed by atoms with Crippen molar-refractivity contribution >= 4 is 19.4 Å². The Labute approximate surface area is 157 Å². The Morgan fingerprint density at radius 2 is 1.37 bits per heavy atom. The SMILES string of the molecule is CCC(C)(NC)c1ccc2c(c1)C(=O)c1ccccc1C2=O.O=P(O)(O)O. The summed E-state index contributed by atoms with van der Waals surface area (Å²) in [6.07, 6.45) is 0.890. The Kier molecular flexibility index (Phi) is 6.14. The van der Waals surface area contributed by atoms with Crippen LogP contribution in [0.25, 0.3) is 0 Å². The van der Waals surface area contributed by atoms with Crippen LogP contribution in [0.3, 0.4) is 0 Å². The first-order valence-corrected chi connectivity index (χ1v) is 9.88. The summed E-state index contributed by atoms with van der Waals surface area (Å²) < 4.78 is 8.88. The number of ketones is 2. The van der Waals surface area contributed by atoms with E-state index in [9.17, 15) is 9.59 Å². The van der Waals surface area contributed by atoms with Gasteiger partial charge in [-0.2, -0.15) is 0 Å². The third kappa shape index (κ3) is 4.58. The number of benzene rings is 2. The molecular formula is C19H22NO6P. The highest BCUT2D eigenvalue weighted by atomic mass is 31.2. The molecule has 0 amide bonds. The first-order chi connectivity index (χ1) is 12.5. The Morgan fingerprint density at radius 1 is 0.926 bits per heavy atom. The number of phosphoric acid groups is 1. The maximum atomic E-state index is 12.7. The number of hydrogen-bond donors (Lipinski definition) is 4. The zero-order valence-electron chi connectivity index (χ0n) is 15.3. The van der Waals surface area contributed by atoms with E-state index in [2.05, 4.69) is 19.2 Å². The van der Waals surface area contributed by atoms with Crippen molar-refractivity contribution in [1.29, 1.82) is 0 Å². The average molecular weight is 391 g/mol. The summed E-state index contributed by atoms with van der Waals surface area (Å²) in [6.45, 7) is 4.19. The lowest BCUT2D eigenvalue weighted by molar-refractivity contribution is 0.0979. The van der Waals surface area contributed by atoms with Crippen molar-refractivity contribution in [3.05, 3.63) is 70.3 Å². The van der Waals surface area contributed by atoms with Crippen molar-refractivity contribution in [3.8, 4) is 0 Å². The molecule has 4 N–H and O–H groups in total. The van der Waals surface area contributed by atoms with Crippen LogP contribution in [0.15, 0.2) is 42.5 Å². The second-order valence-electron chi connectivity index (χ2n) is 6.41. The van der Waals surface area contributed by atoms with Crippen LogP contribution in [0.4, 0.5) is 0 Å². The quantitative estimate of drug-likeness (QED) is 0.505. The summed E-state index contributed by atoms with van der Waals surface area (Å²) >= 11 is 0. The van der Waals surface area contributed by atoms with Gasteiger partial charge in [0.05, 0.1) is 0 Å². The van der Waals surface area contributed by atoms with E-state index in [1.54, 1.807) is 30.3 Å². The minimum Gasteiger partial charge on any atom is -0.311 e. The van der Waals surface area contributed by atoms with Crippen LogP contribution in [-0.4, -0.2) is 33.3 Å². The van der Waals surface area contributed by atoms with E-state index in [1.807, 2.05) is 19.2 Å². The van der Waals surface area contributed by atoms with Crippen molar-refractivity contribution in [3.63, 3.8) is 0 Å². The molecule has 0 aromatic heterocycles. The lowest BCUT2D eigenvalue weighted by Crippen LogP contribution is -2.36. The topological polar surface area (TPSA) is 124 Å². The molecule has 0 spiro atoms. The molecule has 1 aliphatic carbocycles. The average Bonchev–Trinajstić information content (AvgIpc) is 2.63. The van der Waals surface area contributed by atoms with E-state index in [1.165, 1.54) is 0 Å². The Balaban J connectivity index is 0.000000465. The molecule has 2 aromatic rings. The van der Waals surface area contributed by atoms with Crippen molar-refractivity contribution in [2.45, 2.75) is 25.8 Å². The number of fused-ring (bicyclic) bond motifs is 2. The maximum absolute atomic E-state index is 12.7. The summed E-state index contributed by atoms with van der Waals surface area (Å²) in [5, 5.41) is 3.30. The van der Waals surface area contributed by atoms with Gasteiger partial charge in [-0.1, -0.05) is 37.3 Å². The van der Waals surface area contributed by atoms with Crippen LogP contribution in [0.2, 0.25) is 0 Å². The Bertz CT molecular complexity index is 921. The van der Waals surface area contributed by atoms with Crippen LogP contribution >= 0.6 is 7.82 Å². The molecule has 1 unspecified atom stereocenters. The predicted molar refractivity (Wildman–Crippen MR) is 101 cm³/mol. The van der Waals surface area contributed by atoms with Crippen LogP contribution in [0.1, 0.15) is 57.7 Å². The van der Waals surface area contributed by atoms with E-state index in [4.69, 9.17) is 19.2 Å². The fraction of sp³-hybridized carbons (Fsp3) is 0.263. The summed E-state index contributed by atoms with van der Waals surface area (Å²) in [4.78, 5) is 46.9. The van der Waals surface area contributed by atoms with Gasteiger partial charge in [0.1, 0.15) is 0 Å².